The summed E-state index contributed by atoms with van der Waals surface area (Å²) in [6.07, 6.45) is 2.19. The SMILES string of the molecule is CCC1(C)CN(c2ccc(S(C)(=O)=O)cc2)CCO1. The van der Waals surface area contributed by atoms with E-state index in [1.807, 2.05) is 12.1 Å². The number of morpholine rings is 1. The van der Waals surface area contributed by atoms with Gasteiger partial charge in [0.25, 0.3) is 0 Å². The first kappa shape index (κ1) is 14.3. The van der Waals surface area contributed by atoms with Crippen molar-refractivity contribution in [3.05, 3.63) is 24.3 Å². The average molecular weight is 283 g/mol. The van der Waals surface area contributed by atoms with E-state index in [9.17, 15) is 8.42 Å². The lowest BCUT2D eigenvalue weighted by molar-refractivity contribution is -0.0441. The minimum Gasteiger partial charge on any atom is -0.372 e. The van der Waals surface area contributed by atoms with Crippen LogP contribution in [0.25, 0.3) is 0 Å². The van der Waals surface area contributed by atoms with Gasteiger partial charge in [-0.05, 0) is 37.6 Å². The number of anilines is 1. The lowest BCUT2D eigenvalue weighted by Gasteiger charge is -2.41. The molecule has 1 heterocycles. The number of rotatable bonds is 3. The van der Waals surface area contributed by atoms with Gasteiger partial charge in [-0.25, -0.2) is 8.42 Å². The van der Waals surface area contributed by atoms with Crippen LogP contribution in [0.4, 0.5) is 5.69 Å². The summed E-state index contributed by atoms with van der Waals surface area (Å²) in [6.45, 7) is 6.62. The number of hydrogen-bond acceptors (Lipinski definition) is 4. The van der Waals surface area contributed by atoms with E-state index >= 15 is 0 Å². The number of hydrogen-bond donors (Lipinski definition) is 0. The van der Waals surface area contributed by atoms with Gasteiger partial charge in [0.2, 0.25) is 0 Å². The minimum absolute atomic E-state index is 0.117. The van der Waals surface area contributed by atoms with Crippen molar-refractivity contribution in [2.45, 2.75) is 30.8 Å². The molecule has 1 aliphatic heterocycles. The molecular weight excluding hydrogens is 262 g/mol. The van der Waals surface area contributed by atoms with E-state index in [1.54, 1.807) is 12.1 Å². The van der Waals surface area contributed by atoms with Crippen molar-refractivity contribution in [3.8, 4) is 0 Å². The van der Waals surface area contributed by atoms with Crippen LogP contribution in [0.3, 0.4) is 0 Å². The first-order valence-electron chi connectivity index (χ1n) is 6.53. The molecule has 0 aliphatic carbocycles. The summed E-state index contributed by atoms with van der Waals surface area (Å²) in [6, 6.07) is 7.09. The fourth-order valence-corrected chi connectivity index (χ4v) is 2.90. The maximum atomic E-state index is 11.4. The van der Waals surface area contributed by atoms with Crippen molar-refractivity contribution in [2.75, 3.05) is 30.9 Å². The highest BCUT2D eigenvalue weighted by atomic mass is 32.2. The molecule has 0 amide bonds. The molecule has 0 spiro atoms. The number of ether oxygens (including phenoxy) is 1. The molecule has 1 saturated heterocycles. The molecule has 19 heavy (non-hydrogen) atoms. The van der Waals surface area contributed by atoms with Gasteiger partial charge in [-0.2, -0.15) is 0 Å². The maximum Gasteiger partial charge on any atom is 0.175 e. The molecule has 1 aromatic carbocycles. The largest absolute Gasteiger partial charge is 0.372 e. The Morgan fingerprint density at radius 2 is 1.95 bits per heavy atom. The van der Waals surface area contributed by atoms with E-state index in [1.165, 1.54) is 6.26 Å². The normalized spacial score (nSPS) is 24.5. The summed E-state index contributed by atoms with van der Waals surface area (Å²) >= 11 is 0. The molecule has 1 fully saturated rings. The van der Waals surface area contributed by atoms with Crippen LogP contribution in [0, 0.1) is 0 Å². The van der Waals surface area contributed by atoms with Crippen molar-refractivity contribution in [1.82, 2.24) is 0 Å². The fraction of sp³-hybridized carbons (Fsp3) is 0.571. The van der Waals surface area contributed by atoms with Gasteiger partial charge in [-0.1, -0.05) is 6.92 Å². The second-order valence-electron chi connectivity index (χ2n) is 5.34. The van der Waals surface area contributed by atoms with Crippen molar-refractivity contribution in [3.63, 3.8) is 0 Å². The van der Waals surface area contributed by atoms with Crippen molar-refractivity contribution in [2.24, 2.45) is 0 Å². The van der Waals surface area contributed by atoms with Crippen LogP contribution in [-0.4, -0.2) is 40.0 Å². The Bertz CT molecular complexity index is 538. The highest BCUT2D eigenvalue weighted by Gasteiger charge is 2.30. The molecule has 0 N–H and O–H groups in total. The van der Waals surface area contributed by atoms with Crippen LogP contribution in [-0.2, 0) is 14.6 Å². The number of nitrogens with zero attached hydrogens (tertiary/aromatic N) is 1. The van der Waals surface area contributed by atoms with Crippen LogP contribution in [0.5, 0.6) is 0 Å². The van der Waals surface area contributed by atoms with Crippen molar-refractivity contribution < 1.29 is 13.2 Å². The Balaban J connectivity index is 2.19. The lowest BCUT2D eigenvalue weighted by atomic mass is 10.0. The first-order valence-corrected chi connectivity index (χ1v) is 8.42. The van der Waals surface area contributed by atoms with E-state index < -0.39 is 9.84 Å². The summed E-state index contributed by atoms with van der Waals surface area (Å²) in [5.41, 5.74) is 0.934. The summed E-state index contributed by atoms with van der Waals surface area (Å²) in [5, 5.41) is 0. The molecule has 0 saturated carbocycles. The quantitative estimate of drug-likeness (QED) is 0.852. The van der Waals surface area contributed by atoms with Gasteiger partial charge in [0, 0.05) is 25.0 Å². The van der Waals surface area contributed by atoms with E-state index in [4.69, 9.17) is 4.74 Å². The zero-order chi connectivity index (χ0) is 14.1. The third-order valence-electron chi connectivity index (χ3n) is 3.71. The molecule has 0 bridgehead atoms. The Hall–Kier alpha value is -1.07. The highest BCUT2D eigenvalue weighted by molar-refractivity contribution is 7.90. The Labute approximate surface area is 115 Å². The van der Waals surface area contributed by atoms with Crippen molar-refractivity contribution in [1.29, 1.82) is 0 Å². The van der Waals surface area contributed by atoms with Gasteiger partial charge in [0.15, 0.2) is 9.84 Å². The summed E-state index contributed by atoms with van der Waals surface area (Å²) in [5.74, 6) is 0. The van der Waals surface area contributed by atoms with E-state index in [-0.39, 0.29) is 5.60 Å². The first-order chi connectivity index (χ1) is 8.84. The fourth-order valence-electron chi connectivity index (χ4n) is 2.27. The molecule has 2 rings (SSSR count). The third kappa shape index (κ3) is 3.28. The van der Waals surface area contributed by atoms with Gasteiger partial charge >= 0.3 is 0 Å². The van der Waals surface area contributed by atoms with E-state index in [2.05, 4.69) is 18.7 Å². The molecule has 106 valence electrons. The number of sulfone groups is 1. The smallest absolute Gasteiger partial charge is 0.175 e. The molecule has 1 aromatic rings. The molecule has 1 atom stereocenters. The Morgan fingerprint density at radius 3 is 2.47 bits per heavy atom. The van der Waals surface area contributed by atoms with Crippen LogP contribution in [0.1, 0.15) is 20.3 Å². The molecule has 1 aliphatic rings. The number of benzene rings is 1. The van der Waals surface area contributed by atoms with Crippen LogP contribution in [0.2, 0.25) is 0 Å². The Kier molecular flexibility index (Phi) is 3.87. The average Bonchev–Trinajstić information content (AvgIpc) is 2.38. The third-order valence-corrected chi connectivity index (χ3v) is 4.84. The van der Waals surface area contributed by atoms with Gasteiger partial charge in [0.1, 0.15) is 0 Å². The van der Waals surface area contributed by atoms with Crippen LogP contribution >= 0.6 is 0 Å². The zero-order valence-corrected chi connectivity index (χ0v) is 12.5. The molecule has 0 aromatic heterocycles. The van der Waals surface area contributed by atoms with Gasteiger partial charge < -0.3 is 9.64 Å². The second-order valence-corrected chi connectivity index (χ2v) is 7.36. The molecule has 0 radical (unpaired) electrons. The topological polar surface area (TPSA) is 46.6 Å². The maximum absolute atomic E-state index is 11.4. The minimum atomic E-state index is -3.12. The standard InChI is InChI=1S/C14H21NO3S/c1-4-14(2)11-15(9-10-18-14)12-5-7-13(8-6-12)19(3,16)17/h5-8H,4,9-11H2,1-3H3. The molecular formula is C14H21NO3S. The van der Waals surface area contributed by atoms with E-state index in [0.29, 0.717) is 11.5 Å². The molecule has 1 unspecified atom stereocenters. The van der Waals surface area contributed by atoms with Gasteiger partial charge in [0.05, 0.1) is 17.1 Å². The predicted molar refractivity (Wildman–Crippen MR) is 76.4 cm³/mol. The van der Waals surface area contributed by atoms with Gasteiger partial charge in [-0.15, -0.1) is 0 Å². The predicted octanol–water partition coefficient (Wildman–Crippen LogP) is 2.10. The summed E-state index contributed by atoms with van der Waals surface area (Å²) in [4.78, 5) is 2.61. The van der Waals surface area contributed by atoms with Crippen molar-refractivity contribution >= 4 is 15.5 Å². The zero-order valence-electron chi connectivity index (χ0n) is 11.7. The summed E-state index contributed by atoms with van der Waals surface area (Å²) in [7, 11) is -3.12. The second kappa shape index (κ2) is 5.13. The van der Waals surface area contributed by atoms with E-state index in [0.717, 1.165) is 25.2 Å². The Morgan fingerprint density at radius 1 is 1.32 bits per heavy atom. The highest BCUT2D eigenvalue weighted by Crippen LogP contribution is 2.26. The molecule has 5 heteroatoms. The monoisotopic (exact) mass is 283 g/mol. The lowest BCUT2D eigenvalue weighted by Crippen LogP contribution is -2.49. The molecule has 4 nitrogen and oxygen atoms in total. The van der Waals surface area contributed by atoms with Gasteiger partial charge in [-0.3, -0.25) is 0 Å². The van der Waals surface area contributed by atoms with Crippen LogP contribution < -0.4 is 4.90 Å². The summed E-state index contributed by atoms with van der Waals surface area (Å²) < 4.78 is 28.7. The van der Waals surface area contributed by atoms with Crippen LogP contribution in [0.15, 0.2) is 29.2 Å².